The summed E-state index contributed by atoms with van der Waals surface area (Å²) in [5.41, 5.74) is 0. The lowest BCUT2D eigenvalue weighted by atomic mass is 10.2. The third kappa shape index (κ3) is 4.35. The largest absolute Gasteiger partial charge is 0.376 e. The van der Waals surface area contributed by atoms with Crippen molar-refractivity contribution in [2.75, 3.05) is 19.8 Å². The van der Waals surface area contributed by atoms with Gasteiger partial charge >= 0.3 is 0 Å². The van der Waals surface area contributed by atoms with Gasteiger partial charge < -0.3 is 14.6 Å². The molecule has 0 rings (SSSR count). The van der Waals surface area contributed by atoms with Gasteiger partial charge in [0.05, 0.1) is 0 Å². The van der Waals surface area contributed by atoms with E-state index in [1.54, 1.807) is 0 Å². The molecule has 1 atom stereocenters. The number of ether oxygens (including phenoxy) is 2. The highest BCUT2D eigenvalue weighted by molar-refractivity contribution is 4.62. The van der Waals surface area contributed by atoms with Crippen molar-refractivity contribution in [2.45, 2.75) is 33.0 Å². The fraction of sp³-hybridized carbons (Fsp3) is 1.00. The molecule has 68 valence electrons. The molecule has 0 bridgehead atoms. The lowest BCUT2D eigenvalue weighted by molar-refractivity contribution is -0.230. The first-order valence-electron chi connectivity index (χ1n) is 4.12. The summed E-state index contributed by atoms with van der Waals surface area (Å²) in [7, 11) is 0. The minimum Gasteiger partial charge on any atom is -0.376 e. The van der Waals surface area contributed by atoms with Gasteiger partial charge in [-0.05, 0) is 13.8 Å². The molecule has 0 heterocycles. The van der Waals surface area contributed by atoms with E-state index >= 15 is 0 Å². The van der Waals surface area contributed by atoms with Gasteiger partial charge in [0, 0.05) is 19.6 Å². The van der Waals surface area contributed by atoms with Gasteiger partial charge in [-0.1, -0.05) is 6.92 Å². The van der Waals surface area contributed by atoms with E-state index < -0.39 is 5.79 Å². The molecule has 0 aliphatic rings. The van der Waals surface area contributed by atoms with Crippen molar-refractivity contribution in [3.63, 3.8) is 0 Å². The second kappa shape index (κ2) is 5.52. The monoisotopic (exact) mass is 162 g/mol. The predicted octanol–water partition coefficient (Wildman–Crippen LogP) is 1.16. The molecular formula is C8H18O3. The molecule has 0 fully saturated rings. The van der Waals surface area contributed by atoms with Crippen molar-refractivity contribution in [1.82, 2.24) is 0 Å². The highest BCUT2D eigenvalue weighted by Crippen LogP contribution is 2.11. The molecule has 0 spiro atoms. The van der Waals surface area contributed by atoms with Crippen LogP contribution in [-0.2, 0) is 9.47 Å². The van der Waals surface area contributed by atoms with Crippen LogP contribution in [-0.4, -0.2) is 30.7 Å². The lowest BCUT2D eigenvalue weighted by Crippen LogP contribution is -2.37. The van der Waals surface area contributed by atoms with E-state index in [9.17, 15) is 5.11 Å². The highest BCUT2D eigenvalue weighted by atomic mass is 16.6. The van der Waals surface area contributed by atoms with Crippen molar-refractivity contribution < 1.29 is 14.6 Å². The molecule has 3 nitrogen and oxygen atoms in total. The van der Waals surface area contributed by atoms with Gasteiger partial charge in [0.1, 0.15) is 6.61 Å². The fourth-order valence-electron chi connectivity index (χ4n) is 0.776. The quantitative estimate of drug-likeness (QED) is 0.595. The molecule has 1 N–H and O–H groups in total. The van der Waals surface area contributed by atoms with Crippen LogP contribution in [0.4, 0.5) is 0 Å². The minimum atomic E-state index is -1.08. The van der Waals surface area contributed by atoms with Gasteiger partial charge in [-0.15, -0.1) is 0 Å². The second-order valence-electron chi connectivity index (χ2n) is 2.37. The normalized spacial score (nSPS) is 16.4. The molecule has 0 radical (unpaired) electrons. The zero-order chi connectivity index (χ0) is 8.74. The SMILES string of the molecule is CCOCC(O)(CC)OCC. The Morgan fingerprint density at radius 1 is 1.18 bits per heavy atom. The standard InChI is InChI=1S/C8H18O3/c1-4-8(9,11-6-3)7-10-5-2/h9H,4-7H2,1-3H3. The van der Waals surface area contributed by atoms with Gasteiger partial charge in [-0.3, -0.25) is 0 Å². The van der Waals surface area contributed by atoms with Crippen molar-refractivity contribution in [3.8, 4) is 0 Å². The third-order valence-electron chi connectivity index (χ3n) is 1.50. The van der Waals surface area contributed by atoms with Crippen LogP contribution in [0.25, 0.3) is 0 Å². The van der Waals surface area contributed by atoms with Crippen LogP contribution >= 0.6 is 0 Å². The Labute approximate surface area is 68.3 Å². The zero-order valence-corrected chi connectivity index (χ0v) is 7.59. The van der Waals surface area contributed by atoms with Crippen LogP contribution in [0, 0.1) is 0 Å². The number of rotatable bonds is 6. The average molecular weight is 162 g/mol. The number of hydrogen-bond acceptors (Lipinski definition) is 3. The van der Waals surface area contributed by atoms with Crippen molar-refractivity contribution in [2.24, 2.45) is 0 Å². The maximum Gasteiger partial charge on any atom is 0.188 e. The summed E-state index contributed by atoms with van der Waals surface area (Å²) in [6, 6.07) is 0. The topological polar surface area (TPSA) is 38.7 Å². The fourth-order valence-corrected chi connectivity index (χ4v) is 0.776. The minimum absolute atomic E-state index is 0.258. The molecule has 11 heavy (non-hydrogen) atoms. The van der Waals surface area contributed by atoms with Crippen LogP contribution in [0.3, 0.4) is 0 Å². The van der Waals surface area contributed by atoms with Crippen LogP contribution in [0.1, 0.15) is 27.2 Å². The second-order valence-corrected chi connectivity index (χ2v) is 2.37. The number of hydrogen-bond donors (Lipinski definition) is 1. The molecule has 0 aliphatic heterocycles. The average Bonchev–Trinajstić information content (AvgIpc) is 2.02. The van der Waals surface area contributed by atoms with Crippen molar-refractivity contribution in [3.05, 3.63) is 0 Å². The summed E-state index contributed by atoms with van der Waals surface area (Å²) in [6.07, 6.45) is 0.556. The first-order valence-corrected chi connectivity index (χ1v) is 4.12. The van der Waals surface area contributed by atoms with Gasteiger partial charge in [-0.25, -0.2) is 0 Å². The molecule has 0 amide bonds. The molecule has 0 aliphatic carbocycles. The van der Waals surface area contributed by atoms with Gasteiger partial charge in [-0.2, -0.15) is 0 Å². The van der Waals surface area contributed by atoms with Gasteiger partial charge in [0.2, 0.25) is 0 Å². The highest BCUT2D eigenvalue weighted by Gasteiger charge is 2.24. The van der Waals surface area contributed by atoms with Gasteiger partial charge in [0.15, 0.2) is 5.79 Å². The lowest BCUT2D eigenvalue weighted by Gasteiger charge is -2.25. The van der Waals surface area contributed by atoms with Crippen molar-refractivity contribution in [1.29, 1.82) is 0 Å². The Bertz CT molecular complexity index is 95.3. The van der Waals surface area contributed by atoms with Crippen LogP contribution in [0.15, 0.2) is 0 Å². The van der Waals surface area contributed by atoms with Crippen LogP contribution in [0.5, 0.6) is 0 Å². The summed E-state index contributed by atoms with van der Waals surface area (Å²) in [5.74, 6) is -1.08. The van der Waals surface area contributed by atoms with E-state index in [4.69, 9.17) is 9.47 Å². The van der Waals surface area contributed by atoms with Crippen molar-refractivity contribution >= 4 is 0 Å². The van der Waals surface area contributed by atoms with E-state index in [0.29, 0.717) is 19.6 Å². The van der Waals surface area contributed by atoms with Gasteiger partial charge in [0.25, 0.3) is 0 Å². The molecule has 0 aromatic heterocycles. The number of aliphatic hydroxyl groups is 1. The Kier molecular flexibility index (Phi) is 5.46. The Balaban J connectivity index is 3.68. The third-order valence-corrected chi connectivity index (χ3v) is 1.50. The van der Waals surface area contributed by atoms with E-state index in [2.05, 4.69) is 0 Å². The summed E-state index contributed by atoms with van der Waals surface area (Å²) in [5, 5.41) is 9.60. The maximum absolute atomic E-state index is 9.60. The van der Waals surface area contributed by atoms with Crippen LogP contribution < -0.4 is 0 Å². The van der Waals surface area contributed by atoms with E-state index in [-0.39, 0.29) is 6.61 Å². The Hall–Kier alpha value is -0.120. The molecule has 1 unspecified atom stereocenters. The van der Waals surface area contributed by atoms with E-state index in [1.807, 2.05) is 20.8 Å². The van der Waals surface area contributed by atoms with E-state index in [0.717, 1.165) is 0 Å². The summed E-state index contributed by atoms with van der Waals surface area (Å²) in [6.45, 7) is 6.99. The Morgan fingerprint density at radius 2 is 1.82 bits per heavy atom. The first-order chi connectivity index (χ1) is 5.18. The Morgan fingerprint density at radius 3 is 2.18 bits per heavy atom. The summed E-state index contributed by atoms with van der Waals surface area (Å²) < 4.78 is 10.2. The molecule has 0 aromatic carbocycles. The molecular weight excluding hydrogens is 144 g/mol. The zero-order valence-electron chi connectivity index (χ0n) is 7.59. The first kappa shape index (κ1) is 10.9. The maximum atomic E-state index is 9.60. The molecule has 3 heteroatoms. The molecule has 0 aromatic rings. The summed E-state index contributed by atoms with van der Waals surface area (Å²) in [4.78, 5) is 0. The smallest absolute Gasteiger partial charge is 0.188 e. The van der Waals surface area contributed by atoms with E-state index in [1.165, 1.54) is 0 Å². The molecule has 0 saturated carbocycles. The summed E-state index contributed by atoms with van der Waals surface area (Å²) >= 11 is 0. The van der Waals surface area contributed by atoms with Crippen LogP contribution in [0.2, 0.25) is 0 Å². The molecule has 0 saturated heterocycles. The predicted molar refractivity (Wildman–Crippen MR) is 43.4 cm³/mol.